The van der Waals surface area contributed by atoms with Gasteiger partial charge in [-0.05, 0) is 69.2 Å². The molecular weight excluding hydrogens is 422 g/mol. The van der Waals surface area contributed by atoms with Gasteiger partial charge in [0, 0.05) is 16.8 Å². The van der Waals surface area contributed by atoms with Gasteiger partial charge >= 0.3 is 11.9 Å². The number of fused-ring (bicyclic) bond motifs is 1. The van der Waals surface area contributed by atoms with Crippen molar-refractivity contribution in [3.63, 3.8) is 0 Å². The van der Waals surface area contributed by atoms with Crippen LogP contribution in [-0.2, 0) is 14.3 Å². The molecule has 0 N–H and O–H groups in total. The third kappa shape index (κ3) is 5.30. The van der Waals surface area contributed by atoms with E-state index >= 15 is 0 Å². The molecule has 3 aromatic rings. The molecule has 1 aromatic heterocycles. The summed E-state index contributed by atoms with van der Waals surface area (Å²) in [6.07, 6.45) is -0.781. The number of carbonyl (C=O) groups is 2. The van der Waals surface area contributed by atoms with Crippen molar-refractivity contribution >= 4 is 22.8 Å². The summed E-state index contributed by atoms with van der Waals surface area (Å²) in [5.74, 6) is 0.613. The highest BCUT2D eigenvalue weighted by Crippen LogP contribution is 2.33. The molecule has 0 saturated carbocycles. The molecule has 1 atom stereocenters. The Morgan fingerprint density at radius 1 is 0.970 bits per heavy atom. The van der Waals surface area contributed by atoms with Gasteiger partial charge in [0.25, 0.3) is 0 Å². The summed E-state index contributed by atoms with van der Waals surface area (Å²) >= 11 is 0. The number of aromatic nitrogens is 1. The highest BCUT2D eigenvalue weighted by Gasteiger charge is 2.23. The van der Waals surface area contributed by atoms with Crippen LogP contribution in [0.5, 0.6) is 11.5 Å². The Balaban J connectivity index is 2.03. The van der Waals surface area contributed by atoms with Crippen LogP contribution in [-0.4, -0.2) is 42.9 Å². The number of ether oxygens (including phenoxy) is 4. The molecule has 1 unspecified atom stereocenters. The fourth-order valence-corrected chi connectivity index (χ4v) is 3.61. The standard InChI is InChI=1S/C26H31NO6/c1-7-31-26(29)24-17(4)27(19-8-10-20(30-6)11-9-19)23-13-12-21(14-22(23)24)33-18(5)25(28)32-15-16(2)3/h8-14,16,18H,7,15H2,1-6H3. The summed E-state index contributed by atoms with van der Waals surface area (Å²) in [6, 6.07) is 13.0. The molecule has 2 aromatic carbocycles. The second kappa shape index (κ2) is 10.4. The van der Waals surface area contributed by atoms with Crippen LogP contribution in [0.3, 0.4) is 0 Å². The van der Waals surface area contributed by atoms with Crippen molar-refractivity contribution in [3.8, 4) is 17.2 Å². The molecule has 176 valence electrons. The number of methoxy groups -OCH3 is 1. The average Bonchev–Trinajstić information content (AvgIpc) is 3.08. The largest absolute Gasteiger partial charge is 0.497 e. The maximum atomic E-state index is 12.8. The molecule has 1 heterocycles. The second-order valence-electron chi connectivity index (χ2n) is 8.18. The zero-order chi connectivity index (χ0) is 24.1. The molecule has 7 heteroatoms. The zero-order valence-corrected chi connectivity index (χ0v) is 20.0. The van der Waals surface area contributed by atoms with Crippen molar-refractivity contribution < 1.29 is 28.5 Å². The minimum absolute atomic E-state index is 0.241. The first kappa shape index (κ1) is 24.2. The third-order valence-electron chi connectivity index (χ3n) is 5.19. The van der Waals surface area contributed by atoms with Crippen molar-refractivity contribution in [1.82, 2.24) is 4.57 Å². The normalized spacial score (nSPS) is 12.0. The summed E-state index contributed by atoms with van der Waals surface area (Å²) < 4.78 is 23.7. The number of hydrogen-bond acceptors (Lipinski definition) is 6. The third-order valence-corrected chi connectivity index (χ3v) is 5.19. The van der Waals surface area contributed by atoms with E-state index in [9.17, 15) is 9.59 Å². The number of hydrogen-bond donors (Lipinski definition) is 0. The Labute approximate surface area is 194 Å². The van der Waals surface area contributed by atoms with E-state index < -0.39 is 18.0 Å². The highest BCUT2D eigenvalue weighted by atomic mass is 16.6. The van der Waals surface area contributed by atoms with Crippen molar-refractivity contribution in [2.45, 2.75) is 40.7 Å². The lowest BCUT2D eigenvalue weighted by Crippen LogP contribution is -2.27. The Bertz CT molecular complexity index is 1130. The van der Waals surface area contributed by atoms with E-state index in [2.05, 4.69) is 0 Å². The molecule has 0 saturated heterocycles. The maximum Gasteiger partial charge on any atom is 0.347 e. The first-order valence-corrected chi connectivity index (χ1v) is 11.1. The van der Waals surface area contributed by atoms with E-state index in [0.29, 0.717) is 23.3 Å². The summed E-state index contributed by atoms with van der Waals surface area (Å²) in [4.78, 5) is 25.1. The molecule has 33 heavy (non-hydrogen) atoms. The van der Waals surface area contributed by atoms with E-state index in [1.807, 2.05) is 55.7 Å². The van der Waals surface area contributed by atoms with Crippen LogP contribution in [0.1, 0.15) is 43.7 Å². The van der Waals surface area contributed by atoms with Crippen LogP contribution >= 0.6 is 0 Å². The first-order valence-electron chi connectivity index (χ1n) is 11.1. The number of esters is 2. The molecule has 0 spiro atoms. The van der Waals surface area contributed by atoms with Gasteiger partial charge in [-0.3, -0.25) is 0 Å². The van der Waals surface area contributed by atoms with Crippen LogP contribution < -0.4 is 9.47 Å². The molecule has 0 aliphatic heterocycles. The lowest BCUT2D eigenvalue weighted by molar-refractivity contribution is -0.152. The number of nitrogens with zero attached hydrogens (tertiary/aromatic N) is 1. The van der Waals surface area contributed by atoms with Crippen LogP contribution in [0.25, 0.3) is 16.6 Å². The van der Waals surface area contributed by atoms with Crippen molar-refractivity contribution in [3.05, 3.63) is 53.7 Å². The van der Waals surface area contributed by atoms with Crippen LogP contribution in [0.4, 0.5) is 0 Å². The molecule has 0 radical (unpaired) electrons. The van der Waals surface area contributed by atoms with Gasteiger partial charge in [-0.2, -0.15) is 0 Å². The molecule has 0 bridgehead atoms. The van der Waals surface area contributed by atoms with Gasteiger partial charge in [0.2, 0.25) is 0 Å². The van der Waals surface area contributed by atoms with Gasteiger partial charge in [-0.1, -0.05) is 13.8 Å². The average molecular weight is 454 g/mol. The van der Waals surface area contributed by atoms with Crippen LogP contribution in [0, 0.1) is 12.8 Å². The van der Waals surface area contributed by atoms with Gasteiger partial charge in [0.05, 0.1) is 31.4 Å². The molecule has 0 aliphatic carbocycles. The number of carbonyl (C=O) groups excluding carboxylic acids is 2. The molecule has 3 rings (SSSR count). The van der Waals surface area contributed by atoms with E-state index in [1.165, 1.54) is 0 Å². The first-order chi connectivity index (χ1) is 15.8. The van der Waals surface area contributed by atoms with E-state index in [0.717, 1.165) is 22.6 Å². The van der Waals surface area contributed by atoms with Gasteiger partial charge in [0.15, 0.2) is 6.10 Å². The fourth-order valence-electron chi connectivity index (χ4n) is 3.61. The van der Waals surface area contributed by atoms with Gasteiger partial charge in [0.1, 0.15) is 11.5 Å². The highest BCUT2D eigenvalue weighted by molar-refractivity contribution is 6.07. The molecule has 0 aliphatic rings. The lowest BCUT2D eigenvalue weighted by atomic mass is 10.1. The summed E-state index contributed by atoms with van der Waals surface area (Å²) in [5, 5.41) is 0.682. The monoisotopic (exact) mass is 453 g/mol. The Kier molecular flexibility index (Phi) is 7.63. The molecule has 7 nitrogen and oxygen atoms in total. The number of benzene rings is 2. The van der Waals surface area contributed by atoms with Gasteiger partial charge in [-0.15, -0.1) is 0 Å². The van der Waals surface area contributed by atoms with Crippen molar-refractivity contribution in [2.24, 2.45) is 5.92 Å². The van der Waals surface area contributed by atoms with Crippen LogP contribution in [0.2, 0.25) is 0 Å². The summed E-state index contributed by atoms with van der Waals surface area (Å²) in [5.41, 5.74) is 2.91. The topological polar surface area (TPSA) is 76.0 Å². The predicted molar refractivity (Wildman–Crippen MR) is 126 cm³/mol. The Morgan fingerprint density at radius 3 is 2.24 bits per heavy atom. The lowest BCUT2D eigenvalue weighted by Gasteiger charge is -2.15. The fraction of sp³-hybridized carbons (Fsp3) is 0.385. The summed E-state index contributed by atoms with van der Waals surface area (Å²) in [7, 11) is 1.62. The summed E-state index contributed by atoms with van der Waals surface area (Å²) in [6.45, 7) is 9.84. The smallest absolute Gasteiger partial charge is 0.347 e. The maximum absolute atomic E-state index is 12.8. The van der Waals surface area contributed by atoms with E-state index in [-0.39, 0.29) is 12.5 Å². The van der Waals surface area contributed by atoms with Crippen LogP contribution in [0.15, 0.2) is 42.5 Å². The second-order valence-corrected chi connectivity index (χ2v) is 8.18. The molecule has 0 amide bonds. The Morgan fingerprint density at radius 2 is 1.64 bits per heavy atom. The Hall–Kier alpha value is -3.48. The zero-order valence-electron chi connectivity index (χ0n) is 20.0. The minimum Gasteiger partial charge on any atom is -0.497 e. The molecule has 0 fully saturated rings. The van der Waals surface area contributed by atoms with E-state index in [1.54, 1.807) is 33.1 Å². The minimum atomic E-state index is -0.781. The predicted octanol–water partition coefficient (Wildman–Crippen LogP) is 5.09. The SMILES string of the molecule is CCOC(=O)c1c(C)n(-c2ccc(OC)cc2)c2ccc(OC(C)C(=O)OCC(C)C)cc12. The van der Waals surface area contributed by atoms with Gasteiger partial charge < -0.3 is 23.5 Å². The quantitative estimate of drug-likeness (QED) is 0.420. The van der Waals surface area contributed by atoms with Crippen molar-refractivity contribution in [1.29, 1.82) is 0 Å². The van der Waals surface area contributed by atoms with Gasteiger partial charge in [-0.25, -0.2) is 9.59 Å². The molecular formula is C26H31NO6. The van der Waals surface area contributed by atoms with E-state index in [4.69, 9.17) is 18.9 Å². The van der Waals surface area contributed by atoms with Crippen molar-refractivity contribution in [2.75, 3.05) is 20.3 Å². The number of rotatable bonds is 9.